The van der Waals surface area contributed by atoms with Crippen LogP contribution < -0.4 is 20.4 Å². The average molecular weight is 727 g/mol. The molecule has 0 radical (unpaired) electrons. The third-order valence-electron chi connectivity index (χ3n) is 8.37. The highest BCUT2D eigenvalue weighted by Gasteiger charge is 2.32. The second kappa shape index (κ2) is 13.9. The van der Waals surface area contributed by atoms with Crippen LogP contribution in [0.2, 0.25) is 5.02 Å². The van der Waals surface area contributed by atoms with Gasteiger partial charge in [0, 0.05) is 49.7 Å². The highest BCUT2D eigenvalue weighted by molar-refractivity contribution is 6.33. The molecule has 1 saturated heterocycles. The number of aryl methyl sites for hydroxylation is 1. The lowest BCUT2D eigenvalue weighted by atomic mass is 10.1. The van der Waals surface area contributed by atoms with Gasteiger partial charge >= 0.3 is 6.18 Å². The highest BCUT2D eigenvalue weighted by Crippen LogP contribution is 2.34. The molecule has 0 aliphatic carbocycles. The molecular weight excluding hydrogens is 697 g/mol. The fraction of sp³-hybridized carbons (Fsp3) is 0.303. The monoisotopic (exact) mass is 726 g/mol. The number of aromatic nitrogens is 5. The van der Waals surface area contributed by atoms with Crippen molar-refractivity contribution in [2.24, 2.45) is 0 Å². The number of anilines is 2. The molecule has 1 aliphatic heterocycles. The van der Waals surface area contributed by atoms with Crippen LogP contribution >= 0.6 is 11.6 Å². The zero-order valence-electron chi connectivity index (χ0n) is 27.4. The van der Waals surface area contributed by atoms with Gasteiger partial charge in [-0.05, 0) is 37.6 Å². The van der Waals surface area contributed by atoms with Crippen LogP contribution in [-0.2, 0) is 23.9 Å². The van der Waals surface area contributed by atoms with Gasteiger partial charge in [0.25, 0.3) is 5.91 Å². The number of oxazole rings is 1. The number of piperazine rings is 1. The van der Waals surface area contributed by atoms with Gasteiger partial charge in [0.05, 0.1) is 29.1 Å². The van der Waals surface area contributed by atoms with Gasteiger partial charge in [0.1, 0.15) is 18.6 Å². The summed E-state index contributed by atoms with van der Waals surface area (Å²) in [6.07, 6.45) is -1.70. The lowest BCUT2D eigenvalue weighted by Crippen LogP contribution is -2.50. The number of nitrogens with zero attached hydrogens (tertiary/aromatic N) is 7. The van der Waals surface area contributed by atoms with E-state index >= 15 is 0 Å². The number of alkyl halides is 3. The van der Waals surface area contributed by atoms with E-state index in [-0.39, 0.29) is 89.1 Å². The van der Waals surface area contributed by atoms with Crippen LogP contribution in [0.5, 0.6) is 11.6 Å². The Morgan fingerprint density at radius 1 is 1.10 bits per heavy atom. The van der Waals surface area contributed by atoms with Crippen molar-refractivity contribution in [3.05, 3.63) is 80.7 Å². The van der Waals surface area contributed by atoms with E-state index in [9.17, 15) is 32.7 Å². The molecule has 0 saturated carbocycles. The van der Waals surface area contributed by atoms with Gasteiger partial charge in [-0.2, -0.15) is 18.2 Å². The summed E-state index contributed by atoms with van der Waals surface area (Å²) >= 11 is 6.11. The van der Waals surface area contributed by atoms with E-state index in [2.05, 4.69) is 25.3 Å². The van der Waals surface area contributed by atoms with Crippen LogP contribution in [0.3, 0.4) is 0 Å². The quantitative estimate of drug-likeness (QED) is 0.227. The van der Waals surface area contributed by atoms with Gasteiger partial charge in [-0.1, -0.05) is 18.5 Å². The molecule has 1 aromatic carbocycles. The predicted octanol–water partition coefficient (Wildman–Crippen LogP) is 4.70. The first-order valence-corrected chi connectivity index (χ1v) is 16.0. The Kier molecular flexibility index (Phi) is 9.57. The zero-order chi connectivity index (χ0) is 36.6. The maximum Gasteiger partial charge on any atom is 0.416 e. The van der Waals surface area contributed by atoms with Crippen LogP contribution in [0.25, 0.3) is 22.7 Å². The van der Waals surface area contributed by atoms with Crippen molar-refractivity contribution in [3.63, 3.8) is 0 Å². The van der Waals surface area contributed by atoms with Gasteiger partial charge in [-0.3, -0.25) is 14.4 Å². The van der Waals surface area contributed by atoms with Crippen LogP contribution in [0.4, 0.5) is 24.5 Å². The molecule has 5 aromatic rings. The lowest BCUT2D eigenvalue weighted by molar-refractivity contribution is -0.137. The summed E-state index contributed by atoms with van der Waals surface area (Å²) in [7, 11) is 1.44. The summed E-state index contributed by atoms with van der Waals surface area (Å²) in [6.45, 7) is 3.69. The third-order valence-corrected chi connectivity index (χ3v) is 8.69. The number of fused-ring (bicyclic) bond motifs is 1. The third kappa shape index (κ3) is 6.88. The number of hydrogen-bond donors (Lipinski definition) is 2. The molecule has 0 bridgehead atoms. The fourth-order valence-electron chi connectivity index (χ4n) is 5.80. The number of ether oxygens (including phenoxy) is 1. The van der Waals surface area contributed by atoms with Crippen LogP contribution in [-0.4, -0.2) is 79.6 Å². The summed E-state index contributed by atoms with van der Waals surface area (Å²) in [5.74, 6) is -1.14. The van der Waals surface area contributed by atoms with Crippen molar-refractivity contribution in [1.82, 2.24) is 29.4 Å². The first kappa shape index (κ1) is 35.1. The first-order chi connectivity index (χ1) is 24.3. The van der Waals surface area contributed by atoms with Gasteiger partial charge in [0.15, 0.2) is 17.1 Å². The molecule has 14 nitrogen and oxygen atoms in total. The molecule has 266 valence electrons. The SMILES string of the molecule is CCc1c(N2CCN(C(=O)c3ncnc(C)c3O)CC2)c(=O)c2oc(-c3ccnc(OC)c3)nc2n1CC(=O)Nc1ccc(C(F)(F)F)cc1Cl. The Hall–Kier alpha value is -5.71. The average Bonchev–Trinajstić information content (AvgIpc) is 3.57. The second-order valence-corrected chi connectivity index (χ2v) is 11.9. The smallest absolute Gasteiger partial charge is 0.416 e. The molecule has 1 fully saturated rings. The standard InChI is InChI=1S/C33H30ClF3N8O6/c1-4-22-26(43-9-11-44(12-10-43)32(49)25-27(47)17(2)39-16-40-25)28(48)29-30(42-31(51-29)18-7-8-38-24(13-18)50-3)45(22)15-23(46)41-21-6-5-19(14-20(21)34)33(35,36)37/h5-8,13-14,16,47H,4,9-12,15H2,1-3H3,(H,41,46). The number of pyridine rings is 2. The van der Waals surface area contributed by atoms with E-state index in [1.54, 1.807) is 30.9 Å². The van der Waals surface area contributed by atoms with Crippen LogP contribution in [0.1, 0.15) is 34.4 Å². The van der Waals surface area contributed by atoms with Crippen LogP contribution in [0.15, 0.2) is 52.1 Å². The molecule has 18 heteroatoms. The summed E-state index contributed by atoms with van der Waals surface area (Å²) in [4.78, 5) is 60.8. The van der Waals surface area contributed by atoms with Crippen molar-refractivity contribution in [3.8, 4) is 23.1 Å². The van der Waals surface area contributed by atoms with Gasteiger partial charge < -0.3 is 33.9 Å². The van der Waals surface area contributed by atoms with Crippen LogP contribution in [0, 0.1) is 6.92 Å². The topological polar surface area (TPSA) is 169 Å². The number of benzene rings is 1. The van der Waals surface area contributed by atoms with Crippen molar-refractivity contribution in [1.29, 1.82) is 0 Å². The minimum absolute atomic E-state index is 0.0411. The molecule has 1 aliphatic rings. The minimum atomic E-state index is -4.63. The number of nitrogens with one attached hydrogen (secondary N) is 1. The number of rotatable bonds is 8. The van der Waals surface area contributed by atoms with E-state index in [4.69, 9.17) is 20.8 Å². The summed E-state index contributed by atoms with van der Waals surface area (Å²) in [6, 6.07) is 5.75. The number of hydrogen-bond acceptors (Lipinski definition) is 11. The maximum atomic E-state index is 14.2. The number of carbonyl (C=O) groups excluding carboxylic acids is 2. The molecule has 2 N–H and O–H groups in total. The molecular formula is C33H30ClF3N8O6. The minimum Gasteiger partial charge on any atom is -0.504 e. The van der Waals surface area contributed by atoms with E-state index in [1.165, 1.54) is 29.1 Å². The predicted molar refractivity (Wildman–Crippen MR) is 179 cm³/mol. The molecule has 6 rings (SSSR count). The zero-order valence-corrected chi connectivity index (χ0v) is 28.2. The molecule has 0 unspecified atom stereocenters. The number of amides is 2. The summed E-state index contributed by atoms with van der Waals surface area (Å²) in [5, 5.41) is 12.6. The van der Waals surface area contributed by atoms with Gasteiger partial charge in [0.2, 0.25) is 28.7 Å². The first-order valence-electron chi connectivity index (χ1n) is 15.6. The van der Waals surface area contributed by atoms with E-state index in [0.717, 1.165) is 18.2 Å². The lowest BCUT2D eigenvalue weighted by Gasteiger charge is -2.36. The number of halogens is 4. The Bertz CT molecular complexity index is 2220. The van der Waals surface area contributed by atoms with Crippen molar-refractivity contribution in [2.75, 3.05) is 43.5 Å². The molecule has 5 heterocycles. The van der Waals surface area contributed by atoms with Crippen molar-refractivity contribution in [2.45, 2.75) is 33.0 Å². The number of carbonyl (C=O) groups is 2. The highest BCUT2D eigenvalue weighted by atomic mass is 35.5. The Morgan fingerprint density at radius 2 is 1.84 bits per heavy atom. The second-order valence-electron chi connectivity index (χ2n) is 11.5. The largest absolute Gasteiger partial charge is 0.504 e. The van der Waals surface area contributed by atoms with E-state index < -0.39 is 35.5 Å². The Morgan fingerprint density at radius 3 is 2.51 bits per heavy atom. The fourth-order valence-corrected chi connectivity index (χ4v) is 6.03. The molecule has 51 heavy (non-hydrogen) atoms. The van der Waals surface area contributed by atoms with E-state index in [0.29, 0.717) is 11.3 Å². The number of methoxy groups -OCH3 is 1. The summed E-state index contributed by atoms with van der Waals surface area (Å²) < 4.78 is 52.4. The van der Waals surface area contributed by atoms with Crippen molar-refractivity contribution >= 4 is 46.0 Å². The Labute approximate surface area is 292 Å². The van der Waals surface area contributed by atoms with Crippen molar-refractivity contribution < 1.29 is 37.0 Å². The van der Waals surface area contributed by atoms with Gasteiger partial charge in [-0.15, -0.1) is 0 Å². The molecule has 0 spiro atoms. The van der Waals surface area contributed by atoms with E-state index in [1.807, 2.05) is 0 Å². The molecule has 4 aromatic heterocycles. The summed E-state index contributed by atoms with van der Waals surface area (Å²) in [5.41, 5.74) is -0.362. The van der Waals surface area contributed by atoms with Gasteiger partial charge in [-0.25, -0.2) is 15.0 Å². The normalized spacial score (nSPS) is 13.5. The maximum absolute atomic E-state index is 14.2. The molecule has 0 atom stereocenters. The molecule has 2 amide bonds. The number of aromatic hydroxyl groups is 1. The Balaban J connectivity index is 1.38.